The Morgan fingerprint density at radius 2 is 2.00 bits per heavy atom. The third-order valence-corrected chi connectivity index (χ3v) is 4.13. The van der Waals surface area contributed by atoms with Gasteiger partial charge in [0.1, 0.15) is 0 Å². The number of carbonyl (C=O) groups is 2. The molecule has 2 aliphatic heterocycles. The number of benzene rings is 1. The van der Waals surface area contributed by atoms with Gasteiger partial charge in [0.25, 0.3) is 5.78 Å². The minimum Gasteiger partial charge on any atom is -0.478 e. The summed E-state index contributed by atoms with van der Waals surface area (Å²) >= 11 is 0. The third kappa shape index (κ3) is 1.83. The molecule has 0 radical (unpaired) electrons. The minimum atomic E-state index is -2.39. The van der Waals surface area contributed by atoms with Crippen LogP contribution >= 0.6 is 0 Å². The first-order valence-electron chi connectivity index (χ1n) is 6.77. The van der Waals surface area contributed by atoms with Crippen LogP contribution in [-0.4, -0.2) is 56.8 Å². The van der Waals surface area contributed by atoms with Gasteiger partial charge < -0.3 is 20.0 Å². The molecule has 9 heteroatoms. The average molecular weight is 319 g/mol. The number of likely N-dealkylation sites (N-methyl/N-ethyl adjacent to an activating group) is 1. The number of aliphatic hydroxyl groups is 1. The van der Waals surface area contributed by atoms with Crippen molar-refractivity contribution in [2.75, 3.05) is 20.1 Å². The molecule has 1 saturated heterocycles. The smallest absolute Gasteiger partial charge is 0.357 e. The molecule has 1 fully saturated rings. The number of ketones is 1. The van der Waals surface area contributed by atoms with Crippen LogP contribution in [-0.2, 0) is 10.5 Å². The second kappa shape index (κ2) is 4.78. The predicted octanol–water partition coefficient (Wildman–Crippen LogP) is -0.194. The third-order valence-electron chi connectivity index (χ3n) is 4.13. The van der Waals surface area contributed by atoms with Gasteiger partial charge in [-0.15, -0.1) is 0 Å². The number of carboxylic acid groups (broad SMARTS) is 1. The van der Waals surface area contributed by atoms with Gasteiger partial charge in [0.05, 0.1) is 10.5 Å². The normalized spacial score (nSPS) is 23.5. The molecule has 120 valence electrons. The second-order valence-corrected chi connectivity index (χ2v) is 5.35. The summed E-state index contributed by atoms with van der Waals surface area (Å²) in [6, 6.07) is 5.46. The van der Waals surface area contributed by atoms with Gasteiger partial charge in [-0.3, -0.25) is 14.9 Å². The van der Waals surface area contributed by atoms with E-state index in [9.17, 15) is 29.9 Å². The monoisotopic (exact) mass is 319 g/mol. The van der Waals surface area contributed by atoms with Crippen LogP contribution in [0.2, 0.25) is 0 Å². The number of fused-ring (bicyclic) bond motifs is 1. The summed E-state index contributed by atoms with van der Waals surface area (Å²) in [5.41, 5.74) is -3.58. The molecule has 0 aromatic heterocycles. The SMILES string of the molecule is CN1CCN2C1=C([N+](=O)[O-])C(=O)C2(O)c1ccccc1C(=O)O. The Morgan fingerprint density at radius 1 is 1.35 bits per heavy atom. The number of nitro groups is 1. The number of hydrogen-bond donors (Lipinski definition) is 2. The lowest BCUT2D eigenvalue weighted by Crippen LogP contribution is -2.47. The fraction of sp³-hybridized carbons (Fsp3) is 0.286. The first-order chi connectivity index (χ1) is 10.8. The van der Waals surface area contributed by atoms with Gasteiger partial charge in [-0.05, 0) is 6.07 Å². The summed E-state index contributed by atoms with van der Waals surface area (Å²) in [5, 5.41) is 31.6. The van der Waals surface area contributed by atoms with Crippen molar-refractivity contribution in [3.8, 4) is 0 Å². The Morgan fingerprint density at radius 3 is 2.61 bits per heavy atom. The lowest BCUT2D eigenvalue weighted by molar-refractivity contribution is -0.420. The van der Waals surface area contributed by atoms with Crippen LogP contribution in [0.1, 0.15) is 15.9 Å². The molecule has 1 aromatic rings. The van der Waals surface area contributed by atoms with E-state index in [-0.39, 0.29) is 23.5 Å². The van der Waals surface area contributed by atoms with Crippen molar-refractivity contribution >= 4 is 11.8 Å². The van der Waals surface area contributed by atoms with Gasteiger partial charge in [-0.25, -0.2) is 4.79 Å². The van der Waals surface area contributed by atoms with Gasteiger partial charge in [-0.1, -0.05) is 18.2 Å². The van der Waals surface area contributed by atoms with Gasteiger partial charge >= 0.3 is 11.7 Å². The van der Waals surface area contributed by atoms with E-state index in [2.05, 4.69) is 0 Å². The summed E-state index contributed by atoms with van der Waals surface area (Å²) < 4.78 is 0. The maximum atomic E-state index is 12.6. The average Bonchev–Trinajstić information content (AvgIpc) is 2.98. The van der Waals surface area contributed by atoms with Crippen LogP contribution in [0.25, 0.3) is 0 Å². The van der Waals surface area contributed by atoms with E-state index in [0.29, 0.717) is 6.54 Å². The fourth-order valence-electron chi connectivity index (χ4n) is 3.09. The molecule has 1 atom stereocenters. The topological polar surface area (TPSA) is 124 Å². The van der Waals surface area contributed by atoms with Crippen LogP contribution in [0, 0.1) is 10.1 Å². The van der Waals surface area contributed by atoms with Gasteiger partial charge in [0, 0.05) is 25.7 Å². The van der Waals surface area contributed by atoms with Crippen molar-refractivity contribution < 1.29 is 24.7 Å². The molecular formula is C14H13N3O6. The Balaban J connectivity index is 2.24. The van der Waals surface area contributed by atoms with E-state index >= 15 is 0 Å². The summed E-state index contributed by atoms with van der Waals surface area (Å²) in [4.78, 5) is 37.1. The summed E-state index contributed by atoms with van der Waals surface area (Å²) in [5.74, 6) is -2.45. The van der Waals surface area contributed by atoms with Crippen molar-refractivity contribution in [1.82, 2.24) is 9.80 Å². The highest BCUT2D eigenvalue weighted by Gasteiger charge is 2.62. The standard InChI is InChI=1S/C14H13N3O6/c1-15-6-7-16-12(15)10(17(22)23)11(18)14(16,21)9-5-3-2-4-8(9)13(19)20/h2-5,21H,6-7H2,1H3,(H,19,20). The molecule has 3 rings (SSSR count). The fourth-order valence-corrected chi connectivity index (χ4v) is 3.09. The molecule has 0 bridgehead atoms. The number of carboxylic acids is 1. The number of rotatable bonds is 3. The van der Waals surface area contributed by atoms with Gasteiger partial charge in [0.15, 0.2) is 5.82 Å². The van der Waals surface area contributed by atoms with Crippen LogP contribution < -0.4 is 0 Å². The largest absolute Gasteiger partial charge is 0.478 e. The number of nitrogens with zero attached hydrogens (tertiary/aromatic N) is 3. The molecular weight excluding hydrogens is 306 g/mol. The van der Waals surface area contributed by atoms with Crippen LogP contribution in [0.3, 0.4) is 0 Å². The van der Waals surface area contributed by atoms with E-state index in [1.54, 1.807) is 7.05 Å². The van der Waals surface area contributed by atoms with Gasteiger partial charge in [-0.2, -0.15) is 0 Å². The summed E-state index contributed by atoms with van der Waals surface area (Å²) in [6.07, 6.45) is 0. The lowest BCUT2D eigenvalue weighted by atomic mass is 9.93. The molecule has 0 spiro atoms. The molecule has 0 saturated carbocycles. The highest BCUT2D eigenvalue weighted by molar-refractivity contribution is 6.05. The Bertz CT molecular complexity index is 774. The Hall–Kier alpha value is -2.94. The van der Waals surface area contributed by atoms with E-state index in [0.717, 1.165) is 0 Å². The van der Waals surface area contributed by atoms with Crippen LogP contribution in [0.15, 0.2) is 35.8 Å². The molecule has 9 nitrogen and oxygen atoms in total. The first-order valence-corrected chi connectivity index (χ1v) is 6.77. The molecule has 2 aliphatic rings. The quantitative estimate of drug-likeness (QED) is 0.580. The van der Waals surface area contributed by atoms with Crippen molar-refractivity contribution in [3.63, 3.8) is 0 Å². The first kappa shape index (κ1) is 15.0. The molecule has 2 heterocycles. The number of carbonyl (C=O) groups excluding carboxylic acids is 1. The van der Waals surface area contributed by atoms with Crippen molar-refractivity contribution in [2.24, 2.45) is 0 Å². The van der Waals surface area contributed by atoms with E-state index < -0.39 is 28.1 Å². The van der Waals surface area contributed by atoms with Crippen molar-refractivity contribution in [2.45, 2.75) is 5.72 Å². The Kier molecular flexibility index (Phi) is 3.11. The number of aromatic carboxylic acids is 1. The predicted molar refractivity (Wildman–Crippen MR) is 75.7 cm³/mol. The summed E-state index contributed by atoms with van der Waals surface area (Å²) in [7, 11) is 1.57. The highest BCUT2D eigenvalue weighted by Crippen LogP contribution is 2.44. The van der Waals surface area contributed by atoms with Crippen molar-refractivity contribution in [1.29, 1.82) is 0 Å². The molecule has 1 unspecified atom stereocenters. The van der Waals surface area contributed by atoms with Gasteiger partial charge in [0.2, 0.25) is 5.72 Å². The van der Waals surface area contributed by atoms with Crippen LogP contribution in [0.4, 0.5) is 0 Å². The zero-order valence-corrected chi connectivity index (χ0v) is 12.1. The summed E-state index contributed by atoms with van der Waals surface area (Å²) in [6.45, 7) is 0.539. The van der Waals surface area contributed by atoms with E-state index in [1.165, 1.54) is 34.1 Å². The van der Waals surface area contributed by atoms with E-state index in [4.69, 9.17) is 0 Å². The zero-order valence-electron chi connectivity index (χ0n) is 12.1. The lowest BCUT2D eigenvalue weighted by Gasteiger charge is -2.32. The van der Waals surface area contributed by atoms with Crippen molar-refractivity contribution in [3.05, 3.63) is 57.0 Å². The van der Waals surface area contributed by atoms with Crippen LogP contribution in [0.5, 0.6) is 0 Å². The molecule has 1 aromatic carbocycles. The zero-order chi connectivity index (χ0) is 16.9. The molecule has 0 aliphatic carbocycles. The molecule has 0 amide bonds. The molecule has 23 heavy (non-hydrogen) atoms. The highest BCUT2D eigenvalue weighted by atomic mass is 16.6. The maximum absolute atomic E-state index is 12.6. The maximum Gasteiger partial charge on any atom is 0.357 e. The molecule has 2 N–H and O–H groups in total. The number of Topliss-reactive ketones (excluding diaryl/α,β-unsaturated/α-hetero) is 1. The van der Waals surface area contributed by atoms with E-state index in [1.807, 2.05) is 0 Å². The number of hydrogen-bond acceptors (Lipinski definition) is 7. The Labute approximate surface area is 130 Å². The minimum absolute atomic E-state index is 0.00249. The second-order valence-electron chi connectivity index (χ2n) is 5.35.